The average Bonchev–Trinajstić information content (AvgIpc) is 2.70. The number of carbonyl (C=O) groups excluding carboxylic acids is 2. The average molecular weight is 364 g/mol. The second kappa shape index (κ2) is 9.03. The van der Waals surface area contributed by atoms with Gasteiger partial charge in [-0.3, -0.25) is 9.59 Å². The Hall–Kier alpha value is -3.08. The summed E-state index contributed by atoms with van der Waals surface area (Å²) in [6, 6.07) is 12.9. The van der Waals surface area contributed by atoms with E-state index in [1.54, 1.807) is 30.3 Å². The van der Waals surface area contributed by atoms with E-state index in [1.165, 1.54) is 24.0 Å². The van der Waals surface area contributed by atoms with Crippen molar-refractivity contribution in [3.05, 3.63) is 71.8 Å². The molecule has 0 saturated heterocycles. The first-order chi connectivity index (χ1) is 13.2. The maximum absolute atomic E-state index is 12.3. The van der Waals surface area contributed by atoms with Crippen molar-refractivity contribution in [2.75, 3.05) is 18.5 Å². The van der Waals surface area contributed by atoms with E-state index in [-0.39, 0.29) is 18.4 Å². The summed E-state index contributed by atoms with van der Waals surface area (Å²) in [4.78, 5) is 24.5. The zero-order valence-corrected chi connectivity index (χ0v) is 15.3. The topological polar surface area (TPSA) is 67.4 Å². The molecule has 2 aromatic rings. The van der Waals surface area contributed by atoms with Crippen LogP contribution >= 0.6 is 0 Å². The SMILES string of the molecule is C=CCNC(=O)c1ccccc1NC(=O)COc1ccc2c(c1)CCCC2. The molecule has 0 bridgehead atoms. The van der Waals surface area contributed by atoms with Crippen molar-refractivity contribution in [3.8, 4) is 5.75 Å². The number of rotatable bonds is 7. The van der Waals surface area contributed by atoms with Crippen molar-refractivity contribution in [1.82, 2.24) is 5.32 Å². The van der Waals surface area contributed by atoms with Gasteiger partial charge in [0.2, 0.25) is 0 Å². The Morgan fingerprint density at radius 2 is 1.85 bits per heavy atom. The van der Waals surface area contributed by atoms with Crippen molar-refractivity contribution in [2.24, 2.45) is 0 Å². The van der Waals surface area contributed by atoms with Crippen LogP contribution in [0.25, 0.3) is 0 Å². The van der Waals surface area contributed by atoms with Gasteiger partial charge in [0, 0.05) is 6.54 Å². The number of benzene rings is 2. The summed E-state index contributed by atoms with van der Waals surface area (Å²) in [6.07, 6.45) is 6.20. The first kappa shape index (κ1) is 18.7. The van der Waals surface area contributed by atoms with Crippen LogP contribution in [0.5, 0.6) is 5.75 Å². The summed E-state index contributed by atoms with van der Waals surface area (Å²) >= 11 is 0. The molecule has 0 spiro atoms. The van der Waals surface area contributed by atoms with Gasteiger partial charge in [0.1, 0.15) is 5.75 Å². The number of hydrogen-bond acceptors (Lipinski definition) is 3. The summed E-state index contributed by atoms with van der Waals surface area (Å²) in [7, 11) is 0. The number of fused-ring (bicyclic) bond motifs is 1. The molecule has 0 fully saturated rings. The van der Waals surface area contributed by atoms with Crippen molar-refractivity contribution < 1.29 is 14.3 Å². The van der Waals surface area contributed by atoms with Crippen LogP contribution in [0.1, 0.15) is 34.3 Å². The largest absolute Gasteiger partial charge is 0.484 e. The quantitative estimate of drug-likeness (QED) is 0.739. The zero-order chi connectivity index (χ0) is 19.1. The van der Waals surface area contributed by atoms with E-state index in [2.05, 4.69) is 23.3 Å². The second-order valence-electron chi connectivity index (χ2n) is 6.52. The first-order valence-corrected chi connectivity index (χ1v) is 9.20. The molecule has 0 radical (unpaired) electrons. The summed E-state index contributed by atoms with van der Waals surface area (Å²) in [5.41, 5.74) is 3.54. The van der Waals surface area contributed by atoms with Gasteiger partial charge in [-0.15, -0.1) is 6.58 Å². The van der Waals surface area contributed by atoms with Gasteiger partial charge in [-0.2, -0.15) is 0 Å². The van der Waals surface area contributed by atoms with Crippen molar-refractivity contribution >= 4 is 17.5 Å². The van der Waals surface area contributed by atoms with Gasteiger partial charge in [-0.05, 0) is 61.1 Å². The molecule has 140 valence electrons. The summed E-state index contributed by atoms with van der Waals surface area (Å²) in [5.74, 6) is 0.126. The molecule has 27 heavy (non-hydrogen) atoms. The minimum Gasteiger partial charge on any atom is -0.484 e. The smallest absolute Gasteiger partial charge is 0.262 e. The first-order valence-electron chi connectivity index (χ1n) is 9.20. The predicted molar refractivity (Wildman–Crippen MR) is 106 cm³/mol. The van der Waals surface area contributed by atoms with E-state index < -0.39 is 0 Å². The Morgan fingerprint density at radius 1 is 1.07 bits per heavy atom. The third kappa shape index (κ3) is 4.97. The Morgan fingerprint density at radius 3 is 2.67 bits per heavy atom. The van der Waals surface area contributed by atoms with Crippen molar-refractivity contribution in [1.29, 1.82) is 0 Å². The van der Waals surface area contributed by atoms with Gasteiger partial charge >= 0.3 is 0 Å². The van der Waals surface area contributed by atoms with Gasteiger partial charge in [-0.25, -0.2) is 0 Å². The lowest BCUT2D eigenvalue weighted by atomic mass is 9.92. The van der Waals surface area contributed by atoms with Crippen molar-refractivity contribution in [3.63, 3.8) is 0 Å². The van der Waals surface area contributed by atoms with Crippen LogP contribution in [-0.4, -0.2) is 25.0 Å². The third-order valence-corrected chi connectivity index (χ3v) is 4.54. The highest BCUT2D eigenvalue weighted by Crippen LogP contribution is 2.25. The number of nitrogens with one attached hydrogen (secondary N) is 2. The summed E-state index contributed by atoms with van der Waals surface area (Å²) < 4.78 is 5.65. The van der Waals surface area contributed by atoms with Crippen LogP contribution in [0, 0.1) is 0 Å². The van der Waals surface area contributed by atoms with Crippen LogP contribution in [0.15, 0.2) is 55.1 Å². The van der Waals surface area contributed by atoms with Crippen LogP contribution in [0.4, 0.5) is 5.69 Å². The number of carbonyl (C=O) groups is 2. The number of aryl methyl sites for hydroxylation is 2. The van der Waals surface area contributed by atoms with Gasteiger partial charge in [-0.1, -0.05) is 24.3 Å². The fraction of sp³-hybridized carbons (Fsp3) is 0.273. The fourth-order valence-electron chi connectivity index (χ4n) is 3.18. The van der Waals surface area contributed by atoms with E-state index in [0.717, 1.165) is 12.8 Å². The molecule has 2 aromatic carbocycles. The number of hydrogen-bond donors (Lipinski definition) is 2. The molecule has 0 saturated carbocycles. The molecule has 1 aliphatic carbocycles. The van der Waals surface area contributed by atoms with E-state index in [1.807, 2.05) is 12.1 Å². The summed E-state index contributed by atoms with van der Waals surface area (Å²) in [6.45, 7) is 3.83. The molecule has 5 heteroatoms. The maximum atomic E-state index is 12.3. The van der Waals surface area contributed by atoms with Gasteiger partial charge in [0.15, 0.2) is 6.61 Å². The van der Waals surface area contributed by atoms with Crippen LogP contribution < -0.4 is 15.4 Å². The molecule has 0 unspecified atom stereocenters. The van der Waals surface area contributed by atoms with E-state index in [4.69, 9.17) is 4.74 Å². The van der Waals surface area contributed by atoms with Crippen LogP contribution in [-0.2, 0) is 17.6 Å². The third-order valence-electron chi connectivity index (χ3n) is 4.54. The molecule has 5 nitrogen and oxygen atoms in total. The maximum Gasteiger partial charge on any atom is 0.262 e. The lowest BCUT2D eigenvalue weighted by Gasteiger charge is -2.17. The molecule has 0 aromatic heterocycles. The minimum atomic E-state index is -0.309. The molecule has 3 rings (SSSR count). The molecule has 1 aliphatic rings. The van der Waals surface area contributed by atoms with E-state index in [0.29, 0.717) is 23.5 Å². The van der Waals surface area contributed by atoms with Crippen LogP contribution in [0.3, 0.4) is 0 Å². The molecular formula is C22H24N2O3. The Labute approximate surface area is 159 Å². The predicted octanol–water partition coefficient (Wildman–Crippen LogP) is 3.50. The lowest BCUT2D eigenvalue weighted by molar-refractivity contribution is -0.118. The highest BCUT2D eigenvalue weighted by molar-refractivity contribution is 6.04. The normalized spacial score (nSPS) is 12.6. The monoisotopic (exact) mass is 364 g/mol. The number of para-hydroxylation sites is 1. The van der Waals surface area contributed by atoms with Crippen molar-refractivity contribution in [2.45, 2.75) is 25.7 Å². The fourth-order valence-corrected chi connectivity index (χ4v) is 3.18. The number of ether oxygens (including phenoxy) is 1. The Balaban J connectivity index is 1.60. The molecular weight excluding hydrogens is 340 g/mol. The molecule has 0 heterocycles. The standard InChI is InChI=1S/C22H24N2O3/c1-2-13-23-22(26)19-9-5-6-10-20(19)24-21(25)15-27-18-12-11-16-7-3-4-8-17(16)14-18/h2,5-6,9-12,14H,1,3-4,7-8,13,15H2,(H,23,26)(H,24,25). The highest BCUT2D eigenvalue weighted by atomic mass is 16.5. The van der Waals surface area contributed by atoms with E-state index >= 15 is 0 Å². The minimum absolute atomic E-state index is 0.110. The number of amides is 2. The molecule has 2 amide bonds. The van der Waals surface area contributed by atoms with E-state index in [9.17, 15) is 9.59 Å². The van der Waals surface area contributed by atoms with Crippen LogP contribution in [0.2, 0.25) is 0 Å². The lowest BCUT2D eigenvalue weighted by Crippen LogP contribution is -2.26. The molecule has 2 N–H and O–H groups in total. The second-order valence-corrected chi connectivity index (χ2v) is 6.52. The molecule has 0 aliphatic heterocycles. The number of anilines is 1. The van der Waals surface area contributed by atoms with Gasteiger partial charge < -0.3 is 15.4 Å². The summed E-state index contributed by atoms with van der Waals surface area (Å²) in [5, 5.41) is 5.46. The Bertz CT molecular complexity index is 845. The van der Waals surface area contributed by atoms with Gasteiger partial charge in [0.05, 0.1) is 11.3 Å². The highest BCUT2D eigenvalue weighted by Gasteiger charge is 2.14. The zero-order valence-electron chi connectivity index (χ0n) is 15.3. The Kier molecular flexibility index (Phi) is 6.26. The molecule has 0 atom stereocenters. The van der Waals surface area contributed by atoms with Gasteiger partial charge in [0.25, 0.3) is 11.8 Å².